The van der Waals surface area contributed by atoms with Crippen LogP contribution >= 0.6 is 11.6 Å². The number of ether oxygens (including phenoxy) is 1. The van der Waals surface area contributed by atoms with Crippen LogP contribution in [0, 0.1) is 5.92 Å². The molecule has 2 bridgehead atoms. The van der Waals surface area contributed by atoms with E-state index in [2.05, 4.69) is 22.1 Å². The van der Waals surface area contributed by atoms with E-state index in [-0.39, 0.29) is 11.9 Å². The molecule has 136 valence electrons. The van der Waals surface area contributed by atoms with Gasteiger partial charge in [0.15, 0.2) is 0 Å². The van der Waals surface area contributed by atoms with Crippen molar-refractivity contribution in [1.29, 1.82) is 0 Å². The van der Waals surface area contributed by atoms with Crippen molar-refractivity contribution in [2.45, 2.75) is 31.8 Å². The lowest BCUT2D eigenvalue weighted by atomic mass is 9.80. The first-order valence-electron chi connectivity index (χ1n) is 9.03. The highest BCUT2D eigenvalue weighted by molar-refractivity contribution is 6.30. The second kappa shape index (κ2) is 7.25. The smallest absolute Gasteiger partial charge is 0.251 e. The molecule has 2 aromatic rings. The van der Waals surface area contributed by atoms with E-state index in [0.717, 1.165) is 13.1 Å². The van der Waals surface area contributed by atoms with Crippen LogP contribution in [0.1, 0.15) is 30.1 Å². The average Bonchev–Trinajstić information content (AvgIpc) is 2.63. The second-order valence-corrected chi connectivity index (χ2v) is 7.58. The number of halogens is 1. The van der Waals surface area contributed by atoms with Crippen molar-refractivity contribution < 1.29 is 9.53 Å². The van der Waals surface area contributed by atoms with Crippen molar-refractivity contribution >= 4 is 17.5 Å². The number of nitrogens with zero attached hydrogens (tertiary/aromatic N) is 2. The summed E-state index contributed by atoms with van der Waals surface area (Å²) >= 11 is 5.93. The number of piperidine rings is 3. The fraction of sp³-hybridized carbons (Fsp3) is 0.400. The van der Waals surface area contributed by atoms with Gasteiger partial charge in [-0.05, 0) is 62.6 Å². The highest BCUT2D eigenvalue weighted by Crippen LogP contribution is 2.32. The van der Waals surface area contributed by atoms with Crippen molar-refractivity contribution in [3.05, 3.63) is 53.2 Å². The summed E-state index contributed by atoms with van der Waals surface area (Å²) in [4.78, 5) is 19.2. The van der Waals surface area contributed by atoms with Gasteiger partial charge in [-0.2, -0.15) is 0 Å². The number of aromatic nitrogens is 1. The van der Waals surface area contributed by atoms with Crippen LogP contribution in [-0.4, -0.2) is 41.0 Å². The molecule has 1 N–H and O–H groups in total. The zero-order chi connectivity index (χ0) is 18.1. The number of pyridine rings is 1. The molecule has 6 heteroatoms. The Morgan fingerprint density at radius 1 is 1.31 bits per heavy atom. The van der Waals surface area contributed by atoms with Gasteiger partial charge >= 0.3 is 0 Å². The first-order chi connectivity index (χ1) is 12.6. The van der Waals surface area contributed by atoms with Crippen molar-refractivity contribution in [2.75, 3.05) is 13.1 Å². The highest BCUT2D eigenvalue weighted by atomic mass is 35.5. The molecule has 3 saturated heterocycles. The van der Waals surface area contributed by atoms with E-state index in [1.165, 1.54) is 12.8 Å². The van der Waals surface area contributed by atoms with E-state index in [4.69, 9.17) is 16.3 Å². The van der Waals surface area contributed by atoms with Gasteiger partial charge in [-0.15, -0.1) is 0 Å². The maximum atomic E-state index is 12.6. The third-order valence-electron chi connectivity index (χ3n) is 5.41. The Hall–Kier alpha value is -2.11. The molecule has 0 radical (unpaired) electrons. The predicted octanol–water partition coefficient (Wildman–Crippen LogP) is 3.74. The maximum Gasteiger partial charge on any atom is 0.251 e. The molecule has 1 amide bonds. The van der Waals surface area contributed by atoms with E-state index >= 15 is 0 Å². The van der Waals surface area contributed by atoms with Crippen LogP contribution in [0.2, 0.25) is 5.02 Å². The van der Waals surface area contributed by atoms with Crippen LogP contribution in [-0.2, 0) is 0 Å². The van der Waals surface area contributed by atoms with Gasteiger partial charge in [0.05, 0.1) is 0 Å². The number of carbonyl (C=O) groups is 1. The summed E-state index contributed by atoms with van der Waals surface area (Å²) in [7, 11) is 0. The highest BCUT2D eigenvalue weighted by Gasteiger charge is 2.38. The van der Waals surface area contributed by atoms with E-state index in [1.54, 1.807) is 42.6 Å². The molecule has 4 heterocycles. The topological polar surface area (TPSA) is 54.5 Å². The lowest BCUT2D eigenvalue weighted by Crippen LogP contribution is -2.60. The van der Waals surface area contributed by atoms with Crippen LogP contribution in [0.3, 0.4) is 0 Å². The Morgan fingerprint density at radius 3 is 2.77 bits per heavy atom. The Balaban J connectivity index is 1.38. The van der Waals surface area contributed by atoms with Gasteiger partial charge in [-0.3, -0.25) is 9.69 Å². The predicted molar refractivity (Wildman–Crippen MR) is 101 cm³/mol. The van der Waals surface area contributed by atoms with Gasteiger partial charge < -0.3 is 10.1 Å². The molecule has 4 atom stereocenters. The van der Waals surface area contributed by atoms with Gasteiger partial charge in [-0.1, -0.05) is 11.6 Å². The minimum absolute atomic E-state index is 0.0242. The van der Waals surface area contributed by atoms with E-state index < -0.39 is 0 Å². The van der Waals surface area contributed by atoms with Gasteiger partial charge in [0.1, 0.15) is 5.75 Å². The molecular formula is C20H22ClN3O2. The van der Waals surface area contributed by atoms with Crippen molar-refractivity contribution in [3.8, 4) is 11.6 Å². The number of amides is 1. The number of fused-ring (bicyclic) bond motifs is 3. The lowest BCUT2D eigenvalue weighted by molar-refractivity contribution is 0.0274. The quantitative estimate of drug-likeness (QED) is 0.889. The maximum absolute atomic E-state index is 12.6. The molecule has 3 aliphatic heterocycles. The average molecular weight is 372 g/mol. The third kappa shape index (κ3) is 3.69. The summed E-state index contributed by atoms with van der Waals surface area (Å²) in [5.74, 6) is 1.61. The largest absolute Gasteiger partial charge is 0.439 e. The van der Waals surface area contributed by atoms with Gasteiger partial charge in [0.2, 0.25) is 5.88 Å². The van der Waals surface area contributed by atoms with Gasteiger partial charge in [-0.25, -0.2) is 4.98 Å². The molecule has 0 aliphatic carbocycles. The fourth-order valence-electron chi connectivity index (χ4n) is 3.95. The normalized spacial score (nSPS) is 27.2. The number of hydrogen-bond acceptors (Lipinski definition) is 4. The molecule has 3 fully saturated rings. The van der Waals surface area contributed by atoms with Crippen LogP contribution in [0.25, 0.3) is 0 Å². The number of carbonyl (C=O) groups excluding carboxylic acids is 1. The Bertz CT molecular complexity index is 796. The third-order valence-corrected chi connectivity index (χ3v) is 5.64. The van der Waals surface area contributed by atoms with E-state index in [9.17, 15) is 4.79 Å². The minimum Gasteiger partial charge on any atom is -0.439 e. The fourth-order valence-corrected chi connectivity index (χ4v) is 4.10. The number of benzene rings is 1. The molecule has 0 spiro atoms. The molecule has 26 heavy (non-hydrogen) atoms. The second-order valence-electron chi connectivity index (χ2n) is 7.15. The van der Waals surface area contributed by atoms with Crippen LogP contribution < -0.4 is 10.1 Å². The van der Waals surface area contributed by atoms with Crippen molar-refractivity contribution in [1.82, 2.24) is 15.2 Å². The Kier molecular flexibility index (Phi) is 4.83. The summed E-state index contributed by atoms with van der Waals surface area (Å²) < 4.78 is 5.66. The molecule has 0 saturated carbocycles. The summed E-state index contributed by atoms with van der Waals surface area (Å²) in [5.41, 5.74) is 0.640. The molecule has 5 nitrogen and oxygen atoms in total. The van der Waals surface area contributed by atoms with Crippen molar-refractivity contribution in [3.63, 3.8) is 0 Å². The van der Waals surface area contributed by atoms with Gasteiger partial charge in [0, 0.05) is 41.5 Å². The number of rotatable bonds is 4. The van der Waals surface area contributed by atoms with E-state index in [0.29, 0.717) is 34.2 Å². The number of nitrogens with one attached hydrogen (secondary N) is 1. The van der Waals surface area contributed by atoms with E-state index in [1.807, 2.05) is 0 Å². The van der Waals surface area contributed by atoms with Crippen LogP contribution in [0.5, 0.6) is 11.6 Å². The van der Waals surface area contributed by atoms with Crippen molar-refractivity contribution in [2.24, 2.45) is 5.92 Å². The summed E-state index contributed by atoms with van der Waals surface area (Å²) in [6.45, 7) is 4.39. The zero-order valence-electron chi connectivity index (χ0n) is 14.7. The first-order valence-corrected chi connectivity index (χ1v) is 9.40. The van der Waals surface area contributed by atoms with Gasteiger partial charge in [0.25, 0.3) is 5.91 Å². The summed E-state index contributed by atoms with van der Waals surface area (Å²) in [5, 5.41) is 3.78. The molecule has 1 aromatic heterocycles. The summed E-state index contributed by atoms with van der Waals surface area (Å²) in [6.07, 6.45) is 3.94. The van der Waals surface area contributed by atoms with Crippen LogP contribution in [0.4, 0.5) is 0 Å². The Morgan fingerprint density at radius 2 is 2.12 bits per heavy atom. The molecule has 1 aromatic carbocycles. The molecule has 5 rings (SSSR count). The minimum atomic E-state index is -0.0242. The van der Waals surface area contributed by atoms with Crippen LogP contribution in [0.15, 0.2) is 42.6 Å². The zero-order valence-corrected chi connectivity index (χ0v) is 15.4. The SMILES string of the molecule is CC1CC2CCN1CC2NC(=O)c1ccc(Oc2cc(Cl)ccn2)cc1. The molecular weight excluding hydrogens is 350 g/mol. The number of hydrogen-bond donors (Lipinski definition) is 1. The lowest BCUT2D eigenvalue weighted by Gasteiger charge is -2.48. The standard InChI is InChI=1S/C20H22ClN3O2/c1-13-10-15-7-9-24(13)12-18(15)23-20(25)14-2-4-17(5-3-14)26-19-11-16(21)6-8-22-19/h2-6,8,11,13,15,18H,7,9-10,12H2,1H3,(H,23,25). The molecule has 3 aliphatic rings. The molecule has 4 unspecified atom stereocenters. The first kappa shape index (κ1) is 17.3. The summed E-state index contributed by atoms with van der Waals surface area (Å²) in [6, 6.07) is 11.3. The monoisotopic (exact) mass is 371 g/mol. The Labute approximate surface area is 158 Å².